The molecular formula is C18H23N3O3S. The Morgan fingerprint density at radius 1 is 1.44 bits per heavy atom. The lowest BCUT2D eigenvalue weighted by atomic mass is 10.1. The zero-order chi connectivity index (χ0) is 18.0. The van der Waals surface area contributed by atoms with Gasteiger partial charge in [0.15, 0.2) is 5.13 Å². The minimum atomic E-state index is -0.402. The number of amides is 2. The number of carbonyl (C=O) groups is 2. The van der Waals surface area contributed by atoms with E-state index in [1.165, 1.54) is 11.3 Å². The van der Waals surface area contributed by atoms with Crippen LogP contribution in [0.2, 0.25) is 0 Å². The van der Waals surface area contributed by atoms with E-state index in [-0.39, 0.29) is 17.7 Å². The van der Waals surface area contributed by atoms with E-state index in [9.17, 15) is 9.59 Å². The Bertz CT molecular complexity index is 787. The van der Waals surface area contributed by atoms with Crippen LogP contribution in [0.25, 0.3) is 10.2 Å². The molecule has 1 aliphatic rings. The van der Waals surface area contributed by atoms with Crippen LogP contribution in [0.3, 0.4) is 0 Å². The van der Waals surface area contributed by atoms with Crippen LogP contribution in [-0.4, -0.2) is 40.9 Å². The molecule has 1 unspecified atom stereocenters. The molecule has 1 saturated heterocycles. The quantitative estimate of drug-likeness (QED) is 0.887. The third kappa shape index (κ3) is 3.76. The standard InChI is InChI=1S/C18H23N3O3S/c1-4-24-12-7-8-13-15(10-12)25-18(19-13)20-16(22)14-6-5-9-21(14)17(23)11(2)3/h7-8,10-11,14H,4-6,9H2,1-3H3,(H,19,20,22). The molecule has 1 atom stereocenters. The molecule has 134 valence electrons. The number of thiazole rings is 1. The van der Waals surface area contributed by atoms with Gasteiger partial charge in [-0.05, 0) is 38.0 Å². The third-order valence-electron chi connectivity index (χ3n) is 4.23. The lowest BCUT2D eigenvalue weighted by Gasteiger charge is -2.25. The molecule has 6 nitrogen and oxygen atoms in total. The number of nitrogens with one attached hydrogen (secondary N) is 1. The van der Waals surface area contributed by atoms with Crippen molar-refractivity contribution in [3.8, 4) is 5.75 Å². The van der Waals surface area contributed by atoms with Crippen LogP contribution in [0.15, 0.2) is 18.2 Å². The molecule has 1 aromatic carbocycles. The van der Waals surface area contributed by atoms with Gasteiger partial charge in [0, 0.05) is 12.5 Å². The highest BCUT2D eigenvalue weighted by molar-refractivity contribution is 7.22. The van der Waals surface area contributed by atoms with Gasteiger partial charge in [0.25, 0.3) is 0 Å². The van der Waals surface area contributed by atoms with Crippen molar-refractivity contribution >= 4 is 38.5 Å². The first kappa shape index (κ1) is 17.7. The number of anilines is 1. The topological polar surface area (TPSA) is 71.5 Å². The molecule has 2 aromatic rings. The van der Waals surface area contributed by atoms with Gasteiger partial charge >= 0.3 is 0 Å². The maximum absolute atomic E-state index is 12.6. The van der Waals surface area contributed by atoms with Crippen LogP contribution in [0.1, 0.15) is 33.6 Å². The Hall–Kier alpha value is -2.15. The first-order valence-corrected chi connectivity index (χ1v) is 9.46. The summed E-state index contributed by atoms with van der Waals surface area (Å²) >= 11 is 1.41. The molecule has 1 fully saturated rings. The summed E-state index contributed by atoms with van der Waals surface area (Å²) in [7, 11) is 0. The SMILES string of the molecule is CCOc1ccc2nc(NC(=O)C3CCCN3C(=O)C(C)C)sc2c1. The molecule has 0 saturated carbocycles. The first-order chi connectivity index (χ1) is 12.0. The van der Waals surface area contributed by atoms with Crippen molar-refractivity contribution < 1.29 is 14.3 Å². The van der Waals surface area contributed by atoms with Crippen LogP contribution in [0.4, 0.5) is 5.13 Å². The second kappa shape index (κ2) is 7.39. The van der Waals surface area contributed by atoms with Gasteiger partial charge in [-0.3, -0.25) is 9.59 Å². The molecule has 25 heavy (non-hydrogen) atoms. The number of aromatic nitrogens is 1. The van der Waals surface area contributed by atoms with Gasteiger partial charge < -0.3 is 15.0 Å². The van der Waals surface area contributed by atoms with Crippen LogP contribution < -0.4 is 10.1 Å². The van der Waals surface area contributed by atoms with Gasteiger partial charge in [0.05, 0.1) is 16.8 Å². The Morgan fingerprint density at radius 3 is 2.96 bits per heavy atom. The summed E-state index contributed by atoms with van der Waals surface area (Å²) < 4.78 is 6.46. The minimum absolute atomic E-state index is 0.0308. The van der Waals surface area contributed by atoms with E-state index < -0.39 is 6.04 Å². The molecule has 1 aromatic heterocycles. The lowest BCUT2D eigenvalue weighted by molar-refractivity contribution is -0.139. The summed E-state index contributed by atoms with van der Waals surface area (Å²) in [5, 5.41) is 3.44. The fraction of sp³-hybridized carbons (Fsp3) is 0.500. The number of fused-ring (bicyclic) bond motifs is 1. The molecule has 0 radical (unpaired) electrons. The third-order valence-corrected chi connectivity index (χ3v) is 5.17. The number of likely N-dealkylation sites (tertiary alicyclic amines) is 1. The number of nitrogens with zero attached hydrogens (tertiary/aromatic N) is 2. The zero-order valence-corrected chi connectivity index (χ0v) is 15.6. The van der Waals surface area contributed by atoms with Crippen LogP contribution >= 0.6 is 11.3 Å². The second-order valence-electron chi connectivity index (χ2n) is 6.42. The van der Waals surface area contributed by atoms with E-state index >= 15 is 0 Å². The largest absolute Gasteiger partial charge is 0.494 e. The van der Waals surface area contributed by atoms with E-state index in [2.05, 4.69) is 10.3 Å². The Morgan fingerprint density at radius 2 is 2.24 bits per heavy atom. The predicted octanol–water partition coefficient (Wildman–Crippen LogP) is 3.28. The molecule has 2 amide bonds. The fourth-order valence-corrected chi connectivity index (χ4v) is 3.94. The van der Waals surface area contributed by atoms with Crippen molar-refractivity contribution in [3.63, 3.8) is 0 Å². The van der Waals surface area contributed by atoms with Crippen molar-refractivity contribution in [2.24, 2.45) is 5.92 Å². The zero-order valence-electron chi connectivity index (χ0n) is 14.7. The molecule has 7 heteroatoms. The monoisotopic (exact) mass is 361 g/mol. The molecule has 3 rings (SSSR count). The second-order valence-corrected chi connectivity index (χ2v) is 7.45. The van der Waals surface area contributed by atoms with Crippen LogP contribution in [0.5, 0.6) is 5.75 Å². The number of ether oxygens (including phenoxy) is 1. The summed E-state index contributed by atoms with van der Waals surface area (Å²) in [4.78, 5) is 31.1. The molecule has 1 N–H and O–H groups in total. The average Bonchev–Trinajstić information content (AvgIpc) is 3.20. The number of rotatable bonds is 5. The van der Waals surface area contributed by atoms with Gasteiger partial charge in [-0.15, -0.1) is 0 Å². The fourth-order valence-electron chi connectivity index (χ4n) is 3.04. The van der Waals surface area contributed by atoms with Crippen molar-refractivity contribution in [1.29, 1.82) is 0 Å². The number of carbonyl (C=O) groups excluding carboxylic acids is 2. The summed E-state index contributed by atoms with van der Waals surface area (Å²) in [6.07, 6.45) is 1.55. The lowest BCUT2D eigenvalue weighted by Crippen LogP contribution is -2.44. The summed E-state index contributed by atoms with van der Waals surface area (Å²) in [5.74, 6) is 0.563. The summed E-state index contributed by atoms with van der Waals surface area (Å²) in [6, 6.07) is 5.28. The van der Waals surface area contributed by atoms with E-state index in [0.29, 0.717) is 24.7 Å². The van der Waals surface area contributed by atoms with Gasteiger partial charge in [0.1, 0.15) is 11.8 Å². The van der Waals surface area contributed by atoms with Crippen LogP contribution in [-0.2, 0) is 9.59 Å². The molecule has 1 aliphatic heterocycles. The highest BCUT2D eigenvalue weighted by Crippen LogP contribution is 2.30. The van der Waals surface area contributed by atoms with Gasteiger partial charge in [-0.2, -0.15) is 0 Å². The number of benzene rings is 1. The number of hydrogen-bond donors (Lipinski definition) is 1. The Balaban J connectivity index is 1.74. The molecule has 0 spiro atoms. The van der Waals surface area contributed by atoms with E-state index in [4.69, 9.17) is 4.74 Å². The summed E-state index contributed by atoms with van der Waals surface area (Å²) in [6.45, 7) is 6.91. The maximum Gasteiger partial charge on any atom is 0.248 e. The normalized spacial score (nSPS) is 17.3. The molecule has 2 heterocycles. The van der Waals surface area contributed by atoms with E-state index in [1.54, 1.807) is 4.90 Å². The number of hydrogen-bond acceptors (Lipinski definition) is 5. The van der Waals surface area contributed by atoms with Gasteiger partial charge in [-0.25, -0.2) is 4.98 Å². The Labute approximate surface area is 151 Å². The van der Waals surface area contributed by atoms with E-state index in [1.807, 2.05) is 39.0 Å². The van der Waals surface area contributed by atoms with Crippen molar-refractivity contribution in [3.05, 3.63) is 18.2 Å². The average molecular weight is 361 g/mol. The molecule has 0 bridgehead atoms. The minimum Gasteiger partial charge on any atom is -0.494 e. The van der Waals surface area contributed by atoms with E-state index in [0.717, 1.165) is 22.4 Å². The maximum atomic E-state index is 12.6. The molecule has 0 aliphatic carbocycles. The van der Waals surface area contributed by atoms with Crippen LogP contribution in [0, 0.1) is 5.92 Å². The predicted molar refractivity (Wildman–Crippen MR) is 99.0 cm³/mol. The smallest absolute Gasteiger partial charge is 0.248 e. The van der Waals surface area contributed by atoms with Crippen molar-refractivity contribution in [2.45, 2.75) is 39.7 Å². The van der Waals surface area contributed by atoms with Crippen molar-refractivity contribution in [2.75, 3.05) is 18.5 Å². The van der Waals surface area contributed by atoms with Gasteiger partial charge in [-0.1, -0.05) is 25.2 Å². The van der Waals surface area contributed by atoms with Crippen molar-refractivity contribution in [1.82, 2.24) is 9.88 Å². The van der Waals surface area contributed by atoms with Gasteiger partial charge in [0.2, 0.25) is 11.8 Å². The first-order valence-electron chi connectivity index (χ1n) is 8.64. The summed E-state index contributed by atoms with van der Waals surface area (Å²) in [5.41, 5.74) is 0.824. The highest BCUT2D eigenvalue weighted by atomic mass is 32.1. The molecular weight excluding hydrogens is 338 g/mol. The Kier molecular flexibility index (Phi) is 5.22. The highest BCUT2D eigenvalue weighted by Gasteiger charge is 2.35.